The van der Waals surface area contributed by atoms with Crippen LogP contribution in [0.15, 0.2) is 30.3 Å². The third kappa shape index (κ3) is 5.09. The second-order valence-corrected chi connectivity index (χ2v) is 13.5. The maximum atomic E-state index is 13.1. The number of rotatable bonds is 8. The van der Waals surface area contributed by atoms with Crippen molar-refractivity contribution in [1.82, 2.24) is 14.9 Å². The van der Waals surface area contributed by atoms with E-state index in [0.717, 1.165) is 5.56 Å². The standard InChI is InChI=1S/C25H36N4O5S/c1-23(2,3)19(26)21(31)29-15-7-10-18(29)20(30)27-25(13-14-25)22(32)28-35(33,34)24(11-12-24)16-17-8-5-4-6-9-17/h4-6,8-9,18-19H,7,10-16,26H2,1-3H3,(H,27,30)(H,28,32)/t18-,19+/m0/s1. The first-order valence-electron chi connectivity index (χ1n) is 12.3. The highest BCUT2D eigenvalue weighted by atomic mass is 32.2. The molecule has 35 heavy (non-hydrogen) atoms. The minimum Gasteiger partial charge on any atom is -0.340 e. The molecule has 3 amide bonds. The average molecular weight is 505 g/mol. The Hall–Kier alpha value is -2.46. The summed E-state index contributed by atoms with van der Waals surface area (Å²) in [7, 11) is -3.93. The molecule has 4 N–H and O–H groups in total. The molecule has 2 atom stereocenters. The molecule has 3 aliphatic rings. The maximum Gasteiger partial charge on any atom is 0.259 e. The van der Waals surface area contributed by atoms with E-state index >= 15 is 0 Å². The summed E-state index contributed by atoms with van der Waals surface area (Å²) < 4.78 is 27.6. The molecule has 2 saturated carbocycles. The molecular formula is C25H36N4O5S. The Bertz CT molecular complexity index is 1100. The Labute approximate surface area is 207 Å². The zero-order chi connectivity index (χ0) is 25.6. The number of nitrogens with zero attached hydrogens (tertiary/aromatic N) is 1. The first-order valence-corrected chi connectivity index (χ1v) is 13.8. The molecule has 2 aliphatic carbocycles. The summed E-state index contributed by atoms with van der Waals surface area (Å²) in [6, 6.07) is 7.87. The lowest BCUT2D eigenvalue weighted by molar-refractivity contribution is -0.142. The number of nitrogens with two attached hydrogens (primary N) is 1. The van der Waals surface area contributed by atoms with Crippen LogP contribution in [0.1, 0.15) is 64.9 Å². The number of carbonyl (C=O) groups is 3. The van der Waals surface area contributed by atoms with E-state index in [1.807, 2.05) is 51.1 Å². The lowest BCUT2D eigenvalue weighted by Gasteiger charge is -2.33. The van der Waals surface area contributed by atoms with Crippen LogP contribution in [-0.2, 0) is 30.8 Å². The van der Waals surface area contributed by atoms with Gasteiger partial charge in [-0.2, -0.15) is 0 Å². The molecule has 0 radical (unpaired) electrons. The van der Waals surface area contributed by atoms with Crippen LogP contribution >= 0.6 is 0 Å². The molecule has 1 aromatic rings. The maximum absolute atomic E-state index is 13.1. The highest BCUT2D eigenvalue weighted by molar-refractivity contribution is 7.91. The van der Waals surface area contributed by atoms with Crippen LogP contribution in [0.5, 0.6) is 0 Å². The Morgan fingerprint density at radius 2 is 1.74 bits per heavy atom. The van der Waals surface area contributed by atoms with Crippen LogP contribution < -0.4 is 15.8 Å². The van der Waals surface area contributed by atoms with E-state index in [9.17, 15) is 22.8 Å². The second kappa shape index (κ2) is 8.89. The Kier molecular flexibility index (Phi) is 6.51. The first-order chi connectivity index (χ1) is 16.3. The van der Waals surface area contributed by atoms with Crippen molar-refractivity contribution >= 4 is 27.7 Å². The Morgan fingerprint density at radius 3 is 2.29 bits per heavy atom. The van der Waals surface area contributed by atoms with Gasteiger partial charge in [-0.15, -0.1) is 0 Å². The van der Waals surface area contributed by atoms with Crippen LogP contribution in [0.4, 0.5) is 0 Å². The van der Waals surface area contributed by atoms with Gasteiger partial charge >= 0.3 is 0 Å². The smallest absolute Gasteiger partial charge is 0.259 e. The Balaban J connectivity index is 1.41. The van der Waals surface area contributed by atoms with E-state index in [2.05, 4.69) is 10.0 Å². The summed E-state index contributed by atoms with van der Waals surface area (Å²) in [5.74, 6) is -1.43. The van der Waals surface area contributed by atoms with Gasteiger partial charge in [0.15, 0.2) is 0 Å². The van der Waals surface area contributed by atoms with Crippen LogP contribution in [0.25, 0.3) is 0 Å². The fourth-order valence-electron chi connectivity index (χ4n) is 4.68. The van der Waals surface area contributed by atoms with Gasteiger partial charge in [0.2, 0.25) is 21.8 Å². The van der Waals surface area contributed by atoms with Crippen molar-refractivity contribution in [2.24, 2.45) is 11.1 Å². The molecule has 0 spiro atoms. The topological polar surface area (TPSA) is 139 Å². The first kappa shape index (κ1) is 25.6. The molecule has 0 aromatic heterocycles. The lowest BCUT2D eigenvalue weighted by Crippen LogP contribution is -2.58. The van der Waals surface area contributed by atoms with Crippen molar-refractivity contribution in [3.63, 3.8) is 0 Å². The third-order valence-electron chi connectivity index (χ3n) is 7.56. The fourth-order valence-corrected chi connectivity index (χ4v) is 6.33. The number of benzene rings is 1. The van der Waals surface area contributed by atoms with Gasteiger partial charge in [0.25, 0.3) is 5.91 Å². The predicted molar refractivity (Wildman–Crippen MR) is 131 cm³/mol. The average Bonchev–Trinajstić information content (AvgIpc) is 3.70. The van der Waals surface area contributed by atoms with Crippen molar-refractivity contribution < 1.29 is 22.8 Å². The molecular weight excluding hydrogens is 468 g/mol. The van der Waals surface area contributed by atoms with Crippen LogP contribution in [0.3, 0.4) is 0 Å². The Morgan fingerprint density at radius 1 is 1.11 bits per heavy atom. The molecule has 9 nitrogen and oxygen atoms in total. The van der Waals surface area contributed by atoms with Crippen molar-refractivity contribution in [2.45, 2.75) is 88.1 Å². The monoisotopic (exact) mass is 504 g/mol. The lowest BCUT2D eigenvalue weighted by atomic mass is 9.86. The highest BCUT2D eigenvalue weighted by Gasteiger charge is 2.59. The molecule has 192 valence electrons. The van der Waals surface area contributed by atoms with E-state index in [1.165, 1.54) is 4.90 Å². The summed E-state index contributed by atoms with van der Waals surface area (Å²) in [4.78, 5) is 40.6. The summed E-state index contributed by atoms with van der Waals surface area (Å²) in [6.07, 6.45) is 3.15. The van der Waals surface area contributed by atoms with Crippen LogP contribution in [0, 0.1) is 5.41 Å². The van der Waals surface area contributed by atoms with E-state index in [1.54, 1.807) is 0 Å². The van der Waals surface area contributed by atoms with Gasteiger partial charge in [0.1, 0.15) is 11.6 Å². The van der Waals surface area contributed by atoms with Crippen molar-refractivity contribution in [1.29, 1.82) is 0 Å². The van der Waals surface area contributed by atoms with E-state index in [0.29, 0.717) is 51.5 Å². The van der Waals surface area contributed by atoms with Gasteiger partial charge in [0.05, 0.1) is 10.8 Å². The van der Waals surface area contributed by atoms with E-state index in [4.69, 9.17) is 5.73 Å². The summed E-state index contributed by atoms with van der Waals surface area (Å²) in [6.45, 7) is 6.04. The van der Waals surface area contributed by atoms with E-state index < -0.39 is 49.6 Å². The van der Waals surface area contributed by atoms with Crippen molar-refractivity contribution in [3.05, 3.63) is 35.9 Å². The number of hydrogen-bond acceptors (Lipinski definition) is 6. The zero-order valence-corrected chi connectivity index (χ0v) is 21.5. The number of sulfonamides is 1. The normalized spacial score (nSPS) is 23.3. The van der Waals surface area contributed by atoms with Gasteiger partial charge in [-0.25, -0.2) is 8.42 Å². The molecule has 1 saturated heterocycles. The number of hydrogen-bond donors (Lipinski definition) is 3. The van der Waals surface area contributed by atoms with Gasteiger partial charge in [-0.3, -0.25) is 19.1 Å². The fraction of sp³-hybridized carbons (Fsp3) is 0.640. The number of carbonyl (C=O) groups excluding carboxylic acids is 3. The predicted octanol–water partition coefficient (Wildman–Crippen LogP) is 1.22. The molecule has 1 aliphatic heterocycles. The quantitative estimate of drug-likeness (QED) is 0.487. The zero-order valence-electron chi connectivity index (χ0n) is 20.7. The summed E-state index contributed by atoms with van der Waals surface area (Å²) in [5.41, 5.74) is 5.33. The second-order valence-electron chi connectivity index (χ2n) is 11.4. The van der Waals surface area contributed by atoms with Crippen molar-refractivity contribution in [3.8, 4) is 0 Å². The van der Waals surface area contributed by atoms with E-state index in [-0.39, 0.29) is 5.91 Å². The largest absolute Gasteiger partial charge is 0.340 e. The molecule has 1 aromatic carbocycles. The number of nitrogens with one attached hydrogen (secondary N) is 2. The molecule has 1 heterocycles. The summed E-state index contributed by atoms with van der Waals surface area (Å²) >= 11 is 0. The third-order valence-corrected chi connectivity index (χ3v) is 9.71. The number of likely N-dealkylation sites (tertiary alicyclic amines) is 1. The molecule has 4 rings (SSSR count). The minimum atomic E-state index is -3.93. The molecule has 10 heteroatoms. The minimum absolute atomic E-state index is 0.288. The van der Waals surface area contributed by atoms with Crippen LogP contribution in [0.2, 0.25) is 0 Å². The van der Waals surface area contributed by atoms with Crippen LogP contribution in [-0.4, -0.2) is 60.0 Å². The number of amides is 3. The van der Waals surface area contributed by atoms with Gasteiger partial charge < -0.3 is 16.0 Å². The molecule has 3 fully saturated rings. The van der Waals surface area contributed by atoms with Gasteiger partial charge in [-0.05, 0) is 55.9 Å². The highest BCUT2D eigenvalue weighted by Crippen LogP contribution is 2.46. The van der Waals surface area contributed by atoms with Gasteiger partial charge in [-0.1, -0.05) is 51.1 Å². The molecule has 0 bridgehead atoms. The van der Waals surface area contributed by atoms with Crippen molar-refractivity contribution in [2.75, 3.05) is 6.54 Å². The summed E-state index contributed by atoms with van der Waals surface area (Å²) in [5, 5.41) is 2.77. The SMILES string of the molecule is CC(C)(C)[C@H](N)C(=O)N1CCC[C@H]1C(=O)NC1(C(=O)NS(=O)(=O)C2(Cc3ccccc3)CC2)CC1. The molecule has 0 unspecified atom stereocenters. The van der Waals surface area contributed by atoms with Gasteiger partial charge in [0, 0.05) is 6.54 Å².